The average Bonchev–Trinajstić information content (AvgIpc) is 3.09. The van der Waals surface area contributed by atoms with Gasteiger partial charge in [0.15, 0.2) is 11.0 Å². The summed E-state index contributed by atoms with van der Waals surface area (Å²) in [5.41, 5.74) is 4.12. The molecule has 0 aliphatic heterocycles. The fraction of sp³-hybridized carbons (Fsp3) is 0.318. The second kappa shape index (κ2) is 9.60. The van der Waals surface area contributed by atoms with Gasteiger partial charge in [0.1, 0.15) is 12.4 Å². The number of hydrogen-bond donors (Lipinski definition) is 1. The number of amides is 1. The van der Waals surface area contributed by atoms with E-state index in [1.165, 1.54) is 11.8 Å². The Morgan fingerprint density at radius 1 is 1.10 bits per heavy atom. The molecule has 1 aromatic heterocycles. The molecule has 0 radical (unpaired) electrons. The monoisotopic (exact) mass is 410 g/mol. The summed E-state index contributed by atoms with van der Waals surface area (Å²) in [6.45, 7) is 9.08. The molecule has 0 saturated heterocycles. The van der Waals surface area contributed by atoms with Gasteiger partial charge in [0.05, 0.1) is 5.75 Å². The topological polar surface area (TPSA) is 69.0 Å². The van der Waals surface area contributed by atoms with Crippen LogP contribution in [-0.2, 0) is 17.9 Å². The van der Waals surface area contributed by atoms with Crippen LogP contribution in [0, 0.1) is 20.8 Å². The van der Waals surface area contributed by atoms with Crippen LogP contribution in [0.3, 0.4) is 0 Å². The van der Waals surface area contributed by atoms with E-state index >= 15 is 0 Å². The minimum Gasteiger partial charge on any atom is -0.486 e. The molecule has 0 atom stereocenters. The number of thioether (sulfide) groups is 1. The van der Waals surface area contributed by atoms with Gasteiger partial charge >= 0.3 is 0 Å². The highest BCUT2D eigenvalue weighted by molar-refractivity contribution is 7.99. The van der Waals surface area contributed by atoms with E-state index in [4.69, 9.17) is 4.74 Å². The first-order chi connectivity index (χ1) is 14.0. The third-order valence-electron chi connectivity index (χ3n) is 4.55. The summed E-state index contributed by atoms with van der Waals surface area (Å²) in [6, 6.07) is 13.9. The molecule has 0 saturated carbocycles. The Morgan fingerprint density at radius 2 is 1.83 bits per heavy atom. The highest BCUT2D eigenvalue weighted by atomic mass is 32.2. The van der Waals surface area contributed by atoms with Gasteiger partial charge in [0, 0.05) is 12.2 Å². The van der Waals surface area contributed by atoms with E-state index in [0.29, 0.717) is 18.3 Å². The molecule has 3 aromatic rings. The Bertz CT molecular complexity index is 980. The number of rotatable bonds is 8. The molecule has 7 heteroatoms. The lowest BCUT2D eigenvalue weighted by Gasteiger charge is -2.11. The summed E-state index contributed by atoms with van der Waals surface area (Å²) in [5, 5.41) is 12.2. The van der Waals surface area contributed by atoms with Crippen molar-refractivity contribution in [3.05, 3.63) is 65.0 Å². The predicted molar refractivity (Wildman–Crippen MR) is 116 cm³/mol. The molecule has 2 aromatic carbocycles. The van der Waals surface area contributed by atoms with Crippen LogP contribution in [0.1, 0.15) is 29.4 Å². The molecule has 0 spiro atoms. The van der Waals surface area contributed by atoms with E-state index in [1.807, 2.05) is 74.7 Å². The summed E-state index contributed by atoms with van der Waals surface area (Å²) < 4.78 is 7.83. The van der Waals surface area contributed by atoms with Gasteiger partial charge in [-0.1, -0.05) is 42.1 Å². The number of nitrogens with one attached hydrogen (secondary N) is 1. The molecule has 6 nitrogen and oxygen atoms in total. The number of aromatic nitrogens is 3. The SMILES string of the molecule is CCn1c(COc2cccc(C)c2)nnc1SCC(=O)Nc1c(C)cccc1C. The van der Waals surface area contributed by atoms with Gasteiger partial charge < -0.3 is 14.6 Å². The molecule has 3 rings (SSSR count). The van der Waals surface area contributed by atoms with Gasteiger partial charge in [-0.25, -0.2) is 0 Å². The van der Waals surface area contributed by atoms with Crippen molar-refractivity contribution in [2.24, 2.45) is 0 Å². The van der Waals surface area contributed by atoms with Gasteiger partial charge in [-0.15, -0.1) is 10.2 Å². The van der Waals surface area contributed by atoms with Crippen molar-refractivity contribution in [2.45, 2.75) is 46.0 Å². The molecular formula is C22H26N4O2S. The van der Waals surface area contributed by atoms with Crippen molar-refractivity contribution in [1.29, 1.82) is 0 Å². The van der Waals surface area contributed by atoms with Crippen molar-refractivity contribution in [1.82, 2.24) is 14.8 Å². The normalized spacial score (nSPS) is 10.8. The van der Waals surface area contributed by atoms with E-state index in [1.54, 1.807) is 0 Å². The summed E-state index contributed by atoms with van der Waals surface area (Å²) in [6.07, 6.45) is 0. The molecule has 1 heterocycles. The van der Waals surface area contributed by atoms with Crippen LogP contribution >= 0.6 is 11.8 Å². The molecule has 1 amide bonds. The first-order valence-corrected chi connectivity index (χ1v) is 10.6. The smallest absolute Gasteiger partial charge is 0.234 e. The van der Waals surface area contributed by atoms with Gasteiger partial charge in [0.2, 0.25) is 5.91 Å². The Balaban J connectivity index is 1.60. The van der Waals surface area contributed by atoms with E-state index in [2.05, 4.69) is 15.5 Å². The minimum absolute atomic E-state index is 0.0596. The highest BCUT2D eigenvalue weighted by Crippen LogP contribution is 2.22. The first kappa shape index (κ1) is 20.9. The number of aryl methyl sites for hydroxylation is 3. The molecule has 152 valence electrons. The first-order valence-electron chi connectivity index (χ1n) is 9.58. The van der Waals surface area contributed by atoms with E-state index in [9.17, 15) is 4.79 Å². The van der Waals surface area contributed by atoms with Crippen LogP contribution in [-0.4, -0.2) is 26.4 Å². The standard InChI is InChI=1S/C22H26N4O2S/c1-5-26-19(13-28-18-11-6-8-15(2)12-18)24-25-22(26)29-14-20(27)23-21-16(3)9-7-10-17(21)4/h6-12H,5,13-14H2,1-4H3,(H,23,27). The lowest BCUT2D eigenvalue weighted by Crippen LogP contribution is -2.16. The van der Waals surface area contributed by atoms with Crippen molar-refractivity contribution in [3.8, 4) is 5.75 Å². The molecule has 29 heavy (non-hydrogen) atoms. The zero-order valence-corrected chi connectivity index (χ0v) is 18.0. The number of ether oxygens (including phenoxy) is 1. The predicted octanol–water partition coefficient (Wildman–Crippen LogP) is 4.53. The molecule has 0 aliphatic carbocycles. The lowest BCUT2D eigenvalue weighted by atomic mass is 10.1. The largest absolute Gasteiger partial charge is 0.486 e. The number of carbonyl (C=O) groups is 1. The van der Waals surface area contributed by atoms with E-state index < -0.39 is 0 Å². The molecule has 0 unspecified atom stereocenters. The number of benzene rings is 2. The van der Waals surface area contributed by atoms with Crippen LogP contribution < -0.4 is 10.1 Å². The number of para-hydroxylation sites is 1. The van der Waals surface area contributed by atoms with E-state index in [-0.39, 0.29) is 11.7 Å². The second-order valence-electron chi connectivity index (χ2n) is 6.85. The maximum absolute atomic E-state index is 12.4. The molecule has 0 fully saturated rings. The number of hydrogen-bond acceptors (Lipinski definition) is 5. The van der Waals surface area contributed by atoms with Gasteiger partial charge in [-0.2, -0.15) is 0 Å². The second-order valence-corrected chi connectivity index (χ2v) is 7.79. The van der Waals surface area contributed by atoms with Crippen LogP contribution in [0.2, 0.25) is 0 Å². The molecular weight excluding hydrogens is 384 g/mol. The van der Waals surface area contributed by atoms with Gasteiger partial charge in [-0.3, -0.25) is 4.79 Å². The lowest BCUT2D eigenvalue weighted by molar-refractivity contribution is -0.113. The summed E-state index contributed by atoms with van der Waals surface area (Å²) in [7, 11) is 0. The minimum atomic E-state index is -0.0596. The fourth-order valence-electron chi connectivity index (χ4n) is 3.02. The quantitative estimate of drug-likeness (QED) is 0.553. The summed E-state index contributed by atoms with van der Waals surface area (Å²) >= 11 is 1.38. The van der Waals surface area contributed by atoms with Gasteiger partial charge in [-0.05, 0) is 56.5 Å². The van der Waals surface area contributed by atoms with Gasteiger partial charge in [0.25, 0.3) is 0 Å². The third-order valence-corrected chi connectivity index (χ3v) is 5.51. The van der Waals surface area contributed by atoms with Crippen LogP contribution in [0.25, 0.3) is 0 Å². The Kier molecular flexibility index (Phi) is 6.93. The van der Waals surface area contributed by atoms with Crippen LogP contribution in [0.5, 0.6) is 5.75 Å². The molecule has 1 N–H and O–H groups in total. The molecule has 0 aliphatic rings. The average molecular weight is 411 g/mol. The Labute approximate surface area is 175 Å². The maximum atomic E-state index is 12.4. The number of carbonyl (C=O) groups excluding carboxylic acids is 1. The van der Waals surface area contributed by atoms with Crippen LogP contribution in [0.15, 0.2) is 47.6 Å². The van der Waals surface area contributed by atoms with E-state index in [0.717, 1.165) is 34.0 Å². The zero-order chi connectivity index (χ0) is 20.8. The van der Waals surface area contributed by atoms with Crippen LogP contribution in [0.4, 0.5) is 5.69 Å². The van der Waals surface area contributed by atoms with Crippen molar-refractivity contribution >= 4 is 23.4 Å². The number of anilines is 1. The van der Waals surface area contributed by atoms with Crippen molar-refractivity contribution in [3.63, 3.8) is 0 Å². The highest BCUT2D eigenvalue weighted by Gasteiger charge is 2.14. The summed E-state index contributed by atoms with van der Waals surface area (Å²) in [5.74, 6) is 1.75. The van der Waals surface area contributed by atoms with Crippen molar-refractivity contribution < 1.29 is 9.53 Å². The Morgan fingerprint density at radius 3 is 2.52 bits per heavy atom. The van der Waals surface area contributed by atoms with Crippen molar-refractivity contribution in [2.75, 3.05) is 11.1 Å². The molecule has 0 bridgehead atoms. The third kappa shape index (κ3) is 5.38. The Hall–Kier alpha value is -2.80. The zero-order valence-electron chi connectivity index (χ0n) is 17.2. The maximum Gasteiger partial charge on any atom is 0.234 e. The summed E-state index contributed by atoms with van der Waals surface area (Å²) in [4.78, 5) is 12.4. The number of nitrogens with zero attached hydrogens (tertiary/aromatic N) is 3. The fourth-order valence-corrected chi connectivity index (χ4v) is 3.84.